The molecule has 0 N–H and O–H groups in total. The van der Waals surface area contributed by atoms with Crippen LogP contribution in [0.2, 0.25) is 0 Å². The average molecular weight is 453 g/mol. The fourth-order valence-corrected chi connectivity index (χ4v) is 4.03. The molecule has 4 rings (SSSR count). The van der Waals surface area contributed by atoms with Crippen molar-refractivity contribution in [2.24, 2.45) is 0 Å². The molecule has 1 fully saturated rings. The highest BCUT2D eigenvalue weighted by atomic mass is 16.5. The van der Waals surface area contributed by atoms with Gasteiger partial charge in [-0.25, -0.2) is 0 Å². The zero-order valence-electron chi connectivity index (χ0n) is 19.2. The van der Waals surface area contributed by atoms with Gasteiger partial charge in [0.05, 0.1) is 34.4 Å². The summed E-state index contributed by atoms with van der Waals surface area (Å²) in [6.45, 7) is 1.19. The number of hydrogen-bond donors (Lipinski definition) is 0. The van der Waals surface area contributed by atoms with Gasteiger partial charge in [-0.05, 0) is 43.2 Å². The zero-order valence-corrected chi connectivity index (χ0v) is 19.2. The Morgan fingerprint density at radius 3 is 2.45 bits per heavy atom. The van der Waals surface area contributed by atoms with Crippen LogP contribution in [0, 0.1) is 0 Å². The number of carbonyl (C=O) groups excluding carboxylic acids is 1. The lowest BCUT2D eigenvalue weighted by atomic mass is 9.97. The lowest BCUT2D eigenvalue weighted by Crippen LogP contribution is -2.39. The molecule has 1 aromatic heterocycles. The molecule has 0 bridgehead atoms. The minimum atomic E-state index is -0.0448. The summed E-state index contributed by atoms with van der Waals surface area (Å²) in [5.74, 6) is 2.99. The molecule has 0 saturated carbocycles. The second-order valence-corrected chi connectivity index (χ2v) is 7.69. The van der Waals surface area contributed by atoms with Gasteiger partial charge in [0, 0.05) is 24.2 Å². The molecular weight excluding hydrogens is 426 g/mol. The molecule has 33 heavy (non-hydrogen) atoms. The van der Waals surface area contributed by atoms with Crippen molar-refractivity contribution < 1.29 is 28.3 Å². The molecule has 9 heteroatoms. The van der Waals surface area contributed by atoms with E-state index in [4.69, 9.17) is 23.5 Å². The van der Waals surface area contributed by atoms with Gasteiger partial charge < -0.3 is 28.4 Å². The first kappa shape index (κ1) is 22.4. The van der Waals surface area contributed by atoms with Crippen LogP contribution in [0.15, 0.2) is 40.9 Å². The van der Waals surface area contributed by atoms with Crippen LogP contribution in [0.4, 0.5) is 0 Å². The van der Waals surface area contributed by atoms with E-state index in [0.717, 1.165) is 12.8 Å². The Kier molecular flexibility index (Phi) is 6.67. The minimum absolute atomic E-state index is 0.0389. The van der Waals surface area contributed by atoms with E-state index in [0.29, 0.717) is 58.9 Å². The topological polar surface area (TPSA) is 96.2 Å². The van der Waals surface area contributed by atoms with E-state index in [1.54, 1.807) is 52.7 Å². The van der Waals surface area contributed by atoms with Crippen LogP contribution >= 0.6 is 0 Å². The summed E-state index contributed by atoms with van der Waals surface area (Å²) in [5.41, 5.74) is 1.28. The number of rotatable bonds is 7. The van der Waals surface area contributed by atoms with Gasteiger partial charge in [0.25, 0.3) is 5.91 Å². The van der Waals surface area contributed by atoms with E-state index in [1.165, 1.54) is 0 Å². The number of carbonyl (C=O) groups is 1. The molecule has 9 nitrogen and oxygen atoms in total. The van der Waals surface area contributed by atoms with Gasteiger partial charge in [0.1, 0.15) is 5.75 Å². The largest absolute Gasteiger partial charge is 0.497 e. The molecular formula is C24H27N3O6. The number of methoxy groups -OCH3 is 4. The Bertz CT molecular complexity index is 1100. The molecule has 0 radical (unpaired) electrons. The van der Waals surface area contributed by atoms with E-state index in [2.05, 4.69) is 10.1 Å². The zero-order chi connectivity index (χ0) is 23.4. The second-order valence-electron chi connectivity index (χ2n) is 7.69. The van der Waals surface area contributed by atoms with Gasteiger partial charge in [0.2, 0.25) is 17.5 Å². The van der Waals surface area contributed by atoms with Crippen LogP contribution in [-0.2, 0) is 0 Å². The molecule has 1 atom stereocenters. The third kappa shape index (κ3) is 4.57. The summed E-state index contributed by atoms with van der Waals surface area (Å²) >= 11 is 0. The Hall–Kier alpha value is -3.75. The number of amides is 1. The van der Waals surface area contributed by atoms with Gasteiger partial charge >= 0.3 is 0 Å². The Morgan fingerprint density at radius 1 is 1.03 bits per heavy atom. The molecule has 0 spiro atoms. The molecule has 0 unspecified atom stereocenters. The lowest BCUT2D eigenvalue weighted by Gasteiger charge is -2.31. The van der Waals surface area contributed by atoms with E-state index in [1.807, 2.05) is 17.0 Å². The third-order valence-electron chi connectivity index (χ3n) is 5.74. The smallest absolute Gasteiger partial charge is 0.254 e. The highest BCUT2D eigenvalue weighted by Crippen LogP contribution is 2.41. The highest BCUT2D eigenvalue weighted by Gasteiger charge is 2.29. The second kappa shape index (κ2) is 9.81. The van der Waals surface area contributed by atoms with Crippen molar-refractivity contribution in [3.05, 3.63) is 47.9 Å². The van der Waals surface area contributed by atoms with Crippen molar-refractivity contribution in [3.63, 3.8) is 0 Å². The molecule has 1 aliphatic rings. The monoisotopic (exact) mass is 453 g/mol. The molecule has 3 aromatic rings. The van der Waals surface area contributed by atoms with E-state index < -0.39 is 0 Å². The van der Waals surface area contributed by atoms with Gasteiger partial charge in [-0.2, -0.15) is 4.98 Å². The quantitative estimate of drug-likeness (QED) is 0.533. The summed E-state index contributed by atoms with van der Waals surface area (Å²) in [5, 5.41) is 4.16. The number of nitrogens with zero attached hydrogens (tertiary/aromatic N) is 3. The standard InChI is InChI=1S/C24H27N3O6/c1-29-18-9-5-7-15(11-18)24(28)27-10-6-8-16(14-27)23-25-22(26-33-23)17-12-19(30-2)21(32-4)20(13-17)31-3/h5,7,9,11-13,16H,6,8,10,14H2,1-4H3/t16-/m0/s1. The maximum absolute atomic E-state index is 13.0. The fraction of sp³-hybridized carbons (Fsp3) is 0.375. The summed E-state index contributed by atoms with van der Waals surface area (Å²) in [4.78, 5) is 19.5. The van der Waals surface area contributed by atoms with Crippen LogP contribution in [0.1, 0.15) is 35.0 Å². The number of piperidine rings is 1. The molecule has 0 aliphatic carbocycles. The third-order valence-corrected chi connectivity index (χ3v) is 5.74. The van der Waals surface area contributed by atoms with E-state index in [9.17, 15) is 4.79 Å². The molecule has 174 valence electrons. The van der Waals surface area contributed by atoms with Gasteiger partial charge in [0.15, 0.2) is 11.5 Å². The van der Waals surface area contributed by atoms with Crippen molar-refractivity contribution in [1.29, 1.82) is 0 Å². The van der Waals surface area contributed by atoms with Gasteiger partial charge in [-0.15, -0.1) is 0 Å². The van der Waals surface area contributed by atoms with Crippen LogP contribution in [0.3, 0.4) is 0 Å². The first-order valence-electron chi connectivity index (χ1n) is 10.6. The first-order chi connectivity index (χ1) is 16.1. The van der Waals surface area contributed by atoms with E-state index >= 15 is 0 Å². The fourth-order valence-electron chi connectivity index (χ4n) is 4.03. The number of aromatic nitrogens is 2. The molecule has 1 amide bonds. The van der Waals surface area contributed by atoms with Crippen molar-refractivity contribution in [2.75, 3.05) is 41.5 Å². The SMILES string of the molecule is COc1cccc(C(=O)N2CCC[C@H](c3nc(-c4cc(OC)c(OC)c(OC)c4)no3)C2)c1. The summed E-state index contributed by atoms with van der Waals surface area (Å²) in [7, 11) is 6.24. The molecule has 1 saturated heterocycles. The number of hydrogen-bond acceptors (Lipinski definition) is 8. The van der Waals surface area contributed by atoms with Crippen molar-refractivity contribution in [3.8, 4) is 34.4 Å². The summed E-state index contributed by atoms with van der Waals surface area (Å²) in [6, 6.07) is 10.7. The highest BCUT2D eigenvalue weighted by molar-refractivity contribution is 5.94. The molecule has 2 heterocycles. The number of likely N-dealkylation sites (tertiary alicyclic amines) is 1. The van der Waals surface area contributed by atoms with Crippen molar-refractivity contribution in [2.45, 2.75) is 18.8 Å². The van der Waals surface area contributed by atoms with Gasteiger partial charge in [-0.1, -0.05) is 11.2 Å². The lowest BCUT2D eigenvalue weighted by molar-refractivity contribution is 0.0695. The first-order valence-corrected chi connectivity index (χ1v) is 10.6. The number of benzene rings is 2. The van der Waals surface area contributed by atoms with Crippen molar-refractivity contribution in [1.82, 2.24) is 15.0 Å². The summed E-state index contributed by atoms with van der Waals surface area (Å²) < 4.78 is 27.1. The van der Waals surface area contributed by atoms with Crippen LogP contribution in [0.5, 0.6) is 23.0 Å². The maximum Gasteiger partial charge on any atom is 0.254 e. The van der Waals surface area contributed by atoms with Crippen LogP contribution in [0.25, 0.3) is 11.4 Å². The minimum Gasteiger partial charge on any atom is -0.497 e. The maximum atomic E-state index is 13.0. The Balaban J connectivity index is 1.54. The predicted octanol–water partition coefficient (Wildman–Crippen LogP) is 3.79. The predicted molar refractivity (Wildman–Crippen MR) is 120 cm³/mol. The van der Waals surface area contributed by atoms with Crippen LogP contribution < -0.4 is 18.9 Å². The summed E-state index contributed by atoms with van der Waals surface area (Å²) in [6.07, 6.45) is 1.71. The van der Waals surface area contributed by atoms with E-state index in [-0.39, 0.29) is 11.8 Å². The van der Waals surface area contributed by atoms with Crippen LogP contribution in [-0.4, -0.2) is 62.5 Å². The van der Waals surface area contributed by atoms with Crippen molar-refractivity contribution >= 4 is 5.91 Å². The molecule has 2 aromatic carbocycles. The van der Waals surface area contributed by atoms with Gasteiger partial charge in [-0.3, -0.25) is 4.79 Å². The normalized spacial score (nSPS) is 15.8. The average Bonchev–Trinajstić information content (AvgIpc) is 3.38. The molecule has 1 aliphatic heterocycles. The Labute approximate surface area is 192 Å². The Morgan fingerprint density at radius 2 is 1.79 bits per heavy atom. The number of ether oxygens (including phenoxy) is 4.